The van der Waals surface area contributed by atoms with Crippen molar-refractivity contribution in [3.8, 4) is 39.6 Å². The third-order valence-electron chi connectivity index (χ3n) is 16.7. The fourth-order valence-corrected chi connectivity index (χ4v) is 13.1. The van der Waals surface area contributed by atoms with Crippen LogP contribution in [-0.4, -0.2) is 16.2 Å². The molecule has 0 N–H and O–H groups in total. The van der Waals surface area contributed by atoms with E-state index in [1.807, 2.05) is 18.3 Å². The third kappa shape index (κ3) is 9.69. The molecule has 0 spiro atoms. The maximum absolute atomic E-state index is 8.00. The van der Waals surface area contributed by atoms with Crippen molar-refractivity contribution in [3.63, 3.8) is 0 Å². The number of anilines is 4. The third-order valence-corrected chi connectivity index (χ3v) is 17.9. The number of aromatic nitrogens is 2. The molecule has 412 valence electrons. The average Bonchev–Trinajstić information content (AvgIpc) is 2.64. The molecule has 0 amide bonds. The number of rotatable bonds is 7. The Bertz CT molecular complexity index is 4240. The van der Waals surface area contributed by atoms with Gasteiger partial charge >= 0.3 is 0 Å². The molecule has 0 radical (unpaired) electrons. The number of nitrogens with zero attached hydrogens (tertiary/aromatic N) is 5. The first-order valence-electron chi connectivity index (χ1n) is 28.9. The van der Waals surface area contributed by atoms with Gasteiger partial charge in [-0.2, -0.15) is 0 Å². The highest BCUT2D eigenvalue weighted by atomic mass is 32.1. The van der Waals surface area contributed by atoms with E-state index in [9.17, 15) is 0 Å². The number of hydrogen-bond donors (Lipinski definition) is 0. The van der Waals surface area contributed by atoms with Gasteiger partial charge in [-0.3, -0.25) is 4.57 Å². The Kier molecular flexibility index (Phi) is 12.9. The minimum atomic E-state index is -0.0778. The molecule has 0 unspecified atom stereocenters. The van der Waals surface area contributed by atoms with E-state index in [2.05, 4.69) is 275 Å². The predicted molar refractivity (Wildman–Crippen MR) is 351 cm³/mol. The molecule has 0 fully saturated rings. The van der Waals surface area contributed by atoms with Crippen molar-refractivity contribution in [2.45, 2.75) is 131 Å². The molecular formula is C75H75N5OS. The smallest absolute Gasteiger partial charge is 0.204 e. The molecule has 0 atom stereocenters. The topological polar surface area (TPSA) is 37.9 Å². The summed E-state index contributed by atoms with van der Waals surface area (Å²) in [7, 11) is 0. The number of thiophene rings is 1. The van der Waals surface area contributed by atoms with Crippen molar-refractivity contribution in [3.05, 3.63) is 209 Å². The highest BCUT2D eigenvalue weighted by molar-refractivity contribution is 7.27. The number of ether oxygens (including phenoxy) is 1. The van der Waals surface area contributed by atoms with Crippen LogP contribution in [0.3, 0.4) is 0 Å². The lowest BCUT2D eigenvalue weighted by molar-refractivity contribution is 0.483. The van der Waals surface area contributed by atoms with Gasteiger partial charge in [-0.25, -0.2) is 9.83 Å². The van der Waals surface area contributed by atoms with E-state index in [4.69, 9.17) is 16.3 Å². The molecule has 4 heterocycles. The molecule has 0 saturated heterocycles. The summed E-state index contributed by atoms with van der Waals surface area (Å²) in [4.78, 5) is 14.0. The second kappa shape index (κ2) is 19.5. The van der Waals surface area contributed by atoms with Gasteiger partial charge < -0.3 is 14.5 Å². The molecule has 1 aliphatic heterocycles. The Hall–Kier alpha value is -8.18. The molecule has 0 bridgehead atoms. The largest absolute Gasteiger partial charge is 0.457 e. The molecule has 82 heavy (non-hydrogen) atoms. The van der Waals surface area contributed by atoms with Gasteiger partial charge in [0.1, 0.15) is 24.0 Å². The van der Waals surface area contributed by atoms with Gasteiger partial charge in [0.05, 0.1) is 34.7 Å². The van der Waals surface area contributed by atoms with Crippen LogP contribution in [0, 0.1) is 6.57 Å². The normalized spacial score (nSPS) is 13.4. The maximum Gasteiger partial charge on any atom is 0.204 e. The van der Waals surface area contributed by atoms with Crippen LogP contribution in [0.1, 0.15) is 132 Å². The quantitative estimate of drug-likeness (QED) is 0.149. The molecule has 1 aliphatic rings. The number of benzene rings is 8. The van der Waals surface area contributed by atoms with Gasteiger partial charge in [-0.15, -0.1) is 11.3 Å². The Morgan fingerprint density at radius 3 is 1.59 bits per heavy atom. The van der Waals surface area contributed by atoms with Crippen LogP contribution in [-0.2, 0) is 27.1 Å². The van der Waals surface area contributed by atoms with Crippen LogP contribution in [0.4, 0.5) is 28.4 Å². The summed E-state index contributed by atoms with van der Waals surface area (Å²) >= 11 is 1.70. The standard InChI is InChI=1S/C75H75N5OS/c1-71(2,3)48-34-35-77-66(42-48)80-64-33-32-59-58-26-21-27-61(76-16)69(58)82-70(59)67(64)60-31-30-55(44-65(60)80)81-54-23-19-22-53(43-54)78-45-79(63-29-18-17-28-62(63)78)68-56(46-36-49(72(4,5)6)40-50(37-46)73(7,8)9)24-20-25-57(68)47-38-51(74(10,11)12)41-52(39-47)75(13,14)15/h17-44H,45H2,1-15H3. The molecule has 7 heteroatoms. The van der Waals surface area contributed by atoms with E-state index in [0.717, 1.165) is 76.4 Å². The van der Waals surface area contributed by atoms with Crippen molar-refractivity contribution in [2.24, 2.45) is 0 Å². The zero-order valence-corrected chi connectivity index (χ0v) is 51.2. The second-order valence-electron chi connectivity index (χ2n) is 27.8. The van der Waals surface area contributed by atoms with E-state index in [1.54, 1.807) is 11.3 Å². The Morgan fingerprint density at radius 1 is 0.463 bits per heavy atom. The Morgan fingerprint density at radius 2 is 1.00 bits per heavy atom. The first kappa shape index (κ1) is 54.4. The molecule has 0 saturated carbocycles. The van der Waals surface area contributed by atoms with E-state index < -0.39 is 0 Å². The fraction of sp³-hybridized carbons (Fsp3) is 0.280. The molecular weight excluding hydrogens is 1020 g/mol. The first-order chi connectivity index (χ1) is 38.7. The van der Waals surface area contributed by atoms with Crippen LogP contribution in [0.25, 0.3) is 74.9 Å². The number of hydrogen-bond acceptors (Lipinski definition) is 5. The van der Waals surface area contributed by atoms with Crippen LogP contribution in [0.5, 0.6) is 11.5 Å². The Balaban J connectivity index is 0.993. The molecule has 0 aliphatic carbocycles. The fourth-order valence-electron chi connectivity index (χ4n) is 11.8. The van der Waals surface area contributed by atoms with Crippen molar-refractivity contribution in [1.82, 2.24) is 9.55 Å². The minimum Gasteiger partial charge on any atom is -0.457 e. The lowest BCUT2D eigenvalue weighted by Gasteiger charge is -2.31. The summed E-state index contributed by atoms with van der Waals surface area (Å²) < 4.78 is 11.5. The van der Waals surface area contributed by atoms with E-state index >= 15 is 0 Å². The van der Waals surface area contributed by atoms with Crippen molar-refractivity contribution < 1.29 is 4.74 Å². The van der Waals surface area contributed by atoms with Crippen molar-refractivity contribution in [1.29, 1.82) is 0 Å². The lowest BCUT2D eigenvalue weighted by Crippen LogP contribution is -2.25. The SMILES string of the molecule is [C-]#[N+]c1cccc2c1sc1c2ccc2c1c1ccc(Oc3cccc(N4CN(c5c(-c6cc(C(C)(C)C)cc(C(C)(C)C)c6)cccc5-c5cc(C(C)(C)C)cc(C(C)(C)C)c5)c5ccccc54)c3)cc1n2-c1cc(C(C)(C)C)ccn1. The minimum absolute atomic E-state index is 0.0583. The number of para-hydroxylation sites is 3. The first-order valence-corrected chi connectivity index (χ1v) is 29.7. The summed E-state index contributed by atoms with van der Waals surface area (Å²) in [5.41, 5.74) is 18.3. The van der Waals surface area contributed by atoms with E-state index in [-0.39, 0.29) is 27.1 Å². The monoisotopic (exact) mass is 1090 g/mol. The number of pyridine rings is 1. The molecule has 12 rings (SSSR count). The van der Waals surface area contributed by atoms with Gasteiger partial charge in [0.25, 0.3) is 0 Å². The van der Waals surface area contributed by atoms with Gasteiger partial charge in [0, 0.05) is 55.3 Å². The number of fused-ring (bicyclic) bond motifs is 8. The van der Waals surface area contributed by atoms with Crippen molar-refractivity contribution in [2.75, 3.05) is 16.5 Å². The van der Waals surface area contributed by atoms with Gasteiger partial charge in [0.2, 0.25) is 5.69 Å². The highest BCUT2D eigenvalue weighted by Crippen LogP contribution is 2.53. The van der Waals surface area contributed by atoms with E-state index in [1.165, 1.54) is 55.8 Å². The summed E-state index contributed by atoms with van der Waals surface area (Å²) in [6.45, 7) is 43.2. The summed E-state index contributed by atoms with van der Waals surface area (Å²) in [5, 5.41) is 4.52. The van der Waals surface area contributed by atoms with Crippen LogP contribution in [0.2, 0.25) is 0 Å². The Labute approximate surface area is 489 Å². The maximum atomic E-state index is 8.00. The molecule has 8 aromatic carbocycles. The zero-order chi connectivity index (χ0) is 58.0. The van der Waals surface area contributed by atoms with Crippen LogP contribution < -0.4 is 14.5 Å². The van der Waals surface area contributed by atoms with Crippen LogP contribution >= 0.6 is 11.3 Å². The predicted octanol–water partition coefficient (Wildman–Crippen LogP) is 22.0. The summed E-state index contributed by atoms with van der Waals surface area (Å²) in [6.07, 6.45) is 1.93. The van der Waals surface area contributed by atoms with Crippen LogP contribution in [0.15, 0.2) is 170 Å². The summed E-state index contributed by atoms with van der Waals surface area (Å²) in [5.74, 6) is 2.32. The molecule has 6 nitrogen and oxygen atoms in total. The van der Waals surface area contributed by atoms with Gasteiger partial charge in [-0.05, 0) is 131 Å². The molecule has 11 aromatic rings. The average molecular weight is 1090 g/mol. The zero-order valence-electron chi connectivity index (χ0n) is 50.4. The van der Waals surface area contributed by atoms with Gasteiger partial charge in [-0.1, -0.05) is 201 Å². The van der Waals surface area contributed by atoms with E-state index in [0.29, 0.717) is 12.4 Å². The van der Waals surface area contributed by atoms with Gasteiger partial charge in [0.15, 0.2) is 0 Å². The molecule has 3 aromatic heterocycles. The second-order valence-corrected chi connectivity index (χ2v) is 28.8. The van der Waals surface area contributed by atoms with Crippen molar-refractivity contribution >= 4 is 81.8 Å². The summed E-state index contributed by atoms with van der Waals surface area (Å²) in [6, 6.07) is 60.3. The highest BCUT2D eigenvalue weighted by Gasteiger charge is 2.34. The lowest BCUT2D eigenvalue weighted by atomic mass is 9.77.